The van der Waals surface area contributed by atoms with Crippen LogP contribution >= 0.6 is 0 Å². The van der Waals surface area contributed by atoms with E-state index in [2.05, 4.69) is 45.6 Å². The van der Waals surface area contributed by atoms with Gasteiger partial charge in [0, 0.05) is 39.1 Å². The van der Waals surface area contributed by atoms with Crippen molar-refractivity contribution in [1.82, 2.24) is 15.2 Å². The van der Waals surface area contributed by atoms with Crippen LogP contribution < -0.4 is 10.6 Å². The Morgan fingerprint density at radius 3 is 3.00 bits per heavy atom. The predicted octanol–water partition coefficient (Wildman–Crippen LogP) is 1.88. The Balaban J connectivity index is 1.73. The van der Waals surface area contributed by atoms with E-state index in [0.29, 0.717) is 6.04 Å². The Hall–Kier alpha value is -1.45. The molecule has 0 bridgehead atoms. The lowest BCUT2D eigenvalue weighted by Crippen LogP contribution is -2.38. The maximum atomic E-state index is 4.27. The molecule has 0 aliphatic heterocycles. The molecule has 18 heavy (non-hydrogen) atoms. The van der Waals surface area contributed by atoms with Gasteiger partial charge in [-0.15, -0.1) is 0 Å². The first-order chi connectivity index (χ1) is 8.72. The minimum Gasteiger partial charge on any atom is -0.357 e. The smallest absolute Gasteiger partial charge is 0.191 e. The average Bonchev–Trinajstić information content (AvgIpc) is 2.95. The Kier molecular flexibility index (Phi) is 4.28. The van der Waals surface area contributed by atoms with Gasteiger partial charge in [0.2, 0.25) is 0 Å². The topological polar surface area (TPSA) is 41.4 Å². The summed E-state index contributed by atoms with van der Waals surface area (Å²) in [5.74, 6) is 1.77. The van der Waals surface area contributed by atoms with Crippen molar-refractivity contribution in [2.24, 2.45) is 18.0 Å². The number of nitrogens with zero attached hydrogens (tertiary/aromatic N) is 2. The van der Waals surface area contributed by atoms with Crippen LogP contribution in [0, 0.1) is 5.92 Å². The first-order valence-electron chi connectivity index (χ1n) is 6.81. The number of aryl methyl sites for hydroxylation is 1. The molecule has 2 unspecified atom stereocenters. The number of hydrogen-bond acceptors (Lipinski definition) is 1. The van der Waals surface area contributed by atoms with Crippen LogP contribution in [0.4, 0.5) is 0 Å². The van der Waals surface area contributed by atoms with Crippen molar-refractivity contribution in [3.8, 4) is 0 Å². The molecule has 4 nitrogen and oxygen atoms in total. The van der Waals surface area contributed by atoms with Crippen LogP contribution in [-0.2, 0) is 13.6 Å². The second-order valence-electron chi connectivity index (χ2n) is 5.15. The molecule has 0 amide bonds. The molecule has 0 spiro atoms. The number of nitrogens with one attached hydrogen (secondary N) is 2. The maximum Gasteiger partial charge on any atom is 0.191 e. The summed E-state index contributed by atoms with van der Waals surface area (Å²) >= 11 is 0. The fourth-order valence-electron chi connectivity index (χ4n) is 2.34. The minimum absolute atomic E-state index is 0.631. The SMILES string of the molecule is CCCC1CC1NC(=NC)NCc1ccn(C)c1. The van der Waals surface area contributed by atoms with Crippen LogP contribution in [0.15, 0.2) is 23.5 Å². The molecular weight excluding hydrogens is 224 g/mol. The third-order valence-corrected chi connectivity index (χ3v) is 3.48. The van der Waals surface area contributed by atoms with Gasteiger partial charge in [0.1, 0.15) is 0 Å². The zero-order valence-electron chi connectivity index (χ0n) is 11.6. The fraction of sp³-hybridized carbons (Fsp3) is 0.643. The Bertz CT molecular complexity index is 408. The summed E-state index contributed by atoms with van der Waals surface area (Å²) in [5.41, 5.74) is 1.28. The highest BCUT2D eigenvalue weighted by Crippen LogP contribution is 2.34. The van der Waals surface area contributed by atoms with Gasteiger partial charge in [-0.25, -0.2) is 0 Å². The van der Waals surface area contributed by atoms with Crippen LogP contribution in [0.3, 0.4) is 0 Å². The van der Waals surface area contributed by atoms with Crippen LogP contribution in [-0.4, -0.2) is 23.6 Å². The van der Waals surface area contributed by atoms with Gasteiger partial charge in [-0.2, -0.15) is 0 Å². The van der Waals surface area contributed by atoms with E-state index in [9.17, 15) is 0 Å². The summed E-state index contributed by atoms with van der Waals surface area (Å²) in [6.45, 7) is 3.07. The summed E-state index contributed by atoms with van der Waals surface area (Å²) < 4.78 is 2.06. The maximum absolute atomic E-state index is 4.27. The summed E-state index contributed by atoms with van der Waals surface area (Å²) in [5, 5.41) is 6.84. The monoisotopic (exact) mass is 248 g/mol. The third-order valence-electron chi connectivity index (χ3n) is 3.48. The fourth-order valence-corrected chi connectivity index (χ4v) is 2.34. The van der Waals surface area contributed by atoms with Gasteiger partial charge in [0.05, 0.1) is 0 Å². The summed E-state index contributed by atoms with van der Waals surface area (Å²) in [7, 11) is 3.87. The van der Waals surface area contributed by atoms with Crippen molar-refractivity contribution >= 4 is 5.96 Å². The molecule has 1 aliphatic rings. The first kappa shape index (κ1) is 13.0. The second kappa shape index (κ2) is 5.94. The zero-order valence-corrected chi connectivity index (χ0v) is 11.6. The first-order valence-corrected chi connectivity index (χ1v) is 6.81. The van der Waals surface area contributed by atoms with Crippen molar-refractivity contribution < 1.29 is 0 Å². The molecule has 0 saturated heterocycles. The van der Waals surface area contributed by atoms with E-state index in [1.54, 1.807) is 0 Å². The molecule has 100 valence electrons. The average molecular weight is 248 g/mol. The van der Waals surface area contributed by atoms with E-state index in [1.807, 2.05) is 14.1 Å². The van der Waals surface area contributed by atoms with Crippen LogP contribution in [0.2, 0.25) is 0 Å². The highest BCUT2D eigenvalue weighted by Gasteiger charge is 2.36. The van der Waals surface area contributed by atoms with Crippen molar-refractivity contribution in [1.29, 1.82) is 0 Å². The van der Waals surface area contributed by atoms with Crippen molar-refractivity contribution in [3.63, 3.8) is 0 Å². The molecular formula is C14H24N4. The lowest BCUT2D eigenvalue weighted by molar-refractivity contribution is 0.655. The van der Waals surface area contributed by atoms with E-state index in [1.165, 1.54) is 24.8 Å². The molecule has 1 fully saturated rings. The number of aromatic nitrogens is 1. The molecule has 0 radical (unpaired) electrons. The molecule has 1 aromatic rings. The van der Waals surface area contributed by atoms with E-state index in [0.717, 1.165) is 18.4 Å². The highest BCUT2D eigenvalue weighted by molar-refractivity contribution is 5.80. The van der Waals surface area contributed by atoms with Crippen LogP contribution in [0.1, 0.15) is 31.7 Å². The molecule has 2 atom stereocenters. The van der Waals surface area contributed by atoms with Gasteiger partial charge in [0.15, 0.2) is 5.96 Å². The zero-order chi connectivity index (χ0) is 13.0. The van der Waals surface area contributed by atoms with E-state index >= 15 is 0 Å². The molecule has 2 N–H and O–H groups in total. The Morgan fingerprint density at radius 2 is 2.39 bits per heavy atom. The molecule has 1 aliphatic carbocycles. The Labute approximate surface area is 109 Å². The quantitative estimate of drug-likeness (QED) is 0.617. The van der Waals surface area contributed by atoms with Crippen molar-refractivity contribution in [2.45, 2.75) is 38.8 Å². The minimum atomic E-state index is 0.631. The van der Waals surface area contributed by atoms with Gasteiger partial charge in [0.25, 0.3) is 0 Å². The standard InChI is InChI=1S/C14H24N4/c1-4-5-12-8-13(12)17-14(15-2)16-9-11-6-7-18(3)10-11/h6-7,10,12-13H,4-5,8-9H2,1-3H3,(H2,15,16,17). The number of guanidine groups is 1. The van der Waals surface area contributed by atoms with E-state index in [4.69, 9.17) is 0 Å². The summed E-state index contributed by atoms with van der Waals surface area (Å²) in [4.78, 5) is 4.27. The lowest BCUT2D eigenvalue weighted by Gasteiger charge is -2.11. The molecule has 1 heterocycles. The molecule has 2 rings (SSSR count). The van der Waals surface area contributed by atoms with Gasteiger partial charge in [-0.3, -0.25) is 4.99 Å². The van der Waals surface area contributed by atoms with Crippen molar-refractivity contribution in [3.05, 3.63) is 24.0 Å². The third kappa shape index (κ3) is 3.52. The molecule has 1 aromatic heterocycles. The molecule has 0 aromatic carbocycles. The van der Waals surface area contributed by atoms with Gasteiger partial charge >= 0.3 is 0 Å². The predicted molar refractivity (Wildman–Crippen MR) is 75.6 cm³/mol. The normalized spacial score (nSPS) is 22.9. The van der Waals surface area contributed by atoms with Crippen LogP contribution in [0.5, 0.6) is 0 Å². The number of hydrogen-bond donors (Lipinski definition) is 2. The Morgan fingerprint density at radius 1 is 1.56 bits per heavy atom. The van der Waals surface area contributed by atoms with Gasteiger partial charge < -0.3 is 15.2 Å². The largest absolute Gasteiger partial charge is 0.357 e. The summed E-state index contributed by atoms with van der Waals surface area (Å²) in [6, 6.07) is 2.75. The van der Waals surface area contributed by atoms with Crippen LogP contribution in [0.25, 0.3) is 0 Å². The van der Waals surface area contributed by atoms with Gasteiger partial charge in [-0.05, 0) is 30.4 Å². The second-order valence-corrected chi connectivity index (χ2v) is 5.15. The number of rotatable bonds is 5. The molecule has 4 heteroatoms. The van der Waals surface area contributed by atoms with E-state index < -0.39 is 0 Å². The van der Waals surface area contributed by atoms with Crippen molar-refractivity contribution in [2.75, 3.05) is 7.05 Å². The van der Waals surface area contributed by atoms with Gasteiger partial charge in [-0.1, -0.05) is 13.3 Å². The lowest BCUT2D eigenvalue weighted by atomic mass is 10.2. The highest BCUT2D eigenvalue weighted by atomic mass is 15.2. The number of aliphatic imine (C=N–C) groups is 1. The van der Waals surface area contributed by atoms with E-state index in [-0.39, 0.29) is 0 Å². The summed E-state index contributed by atoms with van der Waals surface area (Å²) in [6.07, 6.45) is 8.08. The molecule has 1 saturated carbocycles.